The number of carbonyl (C=O) groups is 2. The Hall–Kier alpha value is -2.40. The summed E-state index contributed by atoms with van der Waals surface area (Å²) >= 11 is 0. The number of pyridine rings is 1. The van der Waals surface area contributed by atoms with Crippen LogP contribution in [0.15, 0.2) is 36.5 Å². The Morgan fingerprint density at radius 1 is 1.04 bits per heavy atom. The van der Waals surface area contributed by atoms with Crippen LogP contribution in [0, 0.1) is 0 Å². The van der Waals surface area contributed by atoms with Gasteiger partial charge in [0.15, 0.2) is 5.78 Å². The van der Waals surface area contributed by atoms with E-state index in [1.54, 1.807) is 12.1 Å². The molecular weight excluding hydrogens is 338 g/mol. The maximum absolute atomic E-state index is 12.3. The van der Waals surface area contributed by atoms with Gasteiger partial charge in [0.25, 0.3) is 0 Å². The van der Waals surface area contributed by atoms with E-state index in [4.69, 9.17) is 5.73 Å². The van der Waals surface area contributed by atoms with Crippen LogP contribution >= 0.6 is 12.4 Å². The van der Waals surface area contributed by atoms with Gasteiger partial charge >= 0.3 is 0 Å². The maximum Gasteiger partial charge on any atom is 0.224 e. The summed E-state index contributed by atoms with van der Waals surface area (Å²) < 4.78 is 0. The number of halogens is 1. The molecule has 0 unspecified atom stereocenters. The minimum atomic E-state index is -0.201. The average Bonchev–Trinajstić information content (AvgIpc) is 2.61. The minimum Gasteiger partial charge on any atom is -0.384 e. The van der Waals surface area contributed by atoms with Gasteiger partial charge in [0.2, 0.25) is 5.91 Å². The highest BCUT2D eigenvalue weighted by molar-refractivity contribution is 6.00. The molecule has 132 valence electrons. The first kappa shape index (κ1) is 18.9. The average molecular weight is 360 g/mol. The lowest BCUT2D eigenvalue weighted by atomic mass is 9.89. The molecule has 1 amide bonds. The molecule has 25 heavy (non-hydrogen) atoms. The third-order valence-electron chi connectivity index (χ3n) is 4.32. The largest absolute Gasteiger partial charge is 0.384 e. The number of aromatic nitrogens is 1. The normalized spacial score (nSPS) is 12.6. The number of nitrogen functional groups attached to an aromatic ring is 1. The van der Waals surface area contributed by atoms with Gasteiger partial charge in [-0.05, 0) is 55.0 Å². The molecule has 5 nitrogen and oxygen atoms in total. The number of nitrogens with two attached hydrogens (primary N) is 1. The van der Waals surface area contributed by atoms with Gasteiger partial charge in [-0.2, -0.15) is 0 Å². The van der Waals surface area contributed by atoms with Crippen molar-refractivity contribution in [2.45, 2.75) is 38.5 Å². The van der Waals surface area contributed by atoms with Gasteiger partial charge in [-0.15, -0.1) is 12.4 Å². The first-order chi connectivity index (χ1) is 11.6. The Kier molecular flexibility index (Phi) is 6.53. The number of nitrogens with zero attached hydrogens (tertiary/aromatic N) is 1. The summed E-state index contributed by atoms with van der Waals surface area (Å²) in [5, 5.41) is 2.72. The Morgan fingerprint density at radius 3 is 2.52 bits per heavy atom. The summed E-state index contributed by atoms with van der Waals surface area (Å²) in [5.74, 6) is 0.206. The predicted molar refractivity (Wildman–Crippen MR) is 101 cm³/mol. The van der Waals surface area contributed by atoms with E-state index in [0.717, 1.165) is 12.8 Å². The molecule has 0 saturated heterocycles. The van der Waals surface area contributed by atoms with E-state index < -0.39 is 0 Å². The van der Waals surface area contributed by atoms with Gasteiger partial charge in [0.05, 0.1) is 11.9 Å². The van der Waals surface area contributed by atoms with Crippen molar-refractivity contribution in [1.29, 1.82) is 0 Å². The van der Waals surface area contributed by atoms with Crippen molar-refractivity contribution in [3.8, 4) is 0 Å². The summed E-state index contributed by atoms with van der Waals surface area (Å²) in [4.78, 5) is 28.2. The number of hydrogen-bond donors (Lipinski definition) is 2. The van der Waals surface area contributed by atoms with Crippen LogP contribution in [0.1, 0.15) is 47.2 Å². The number of rotatable bonds is 5. The van der Waals surface area contributed by atoms with E-state index in [2.05, 4.69) is 16.4 Å². The molecule has 0 radical (unpaired) electrons. The summed E-state index contributed by atoms with van der Waals surface area (Å²) in [7, 11) is 0. The van der Waals surface area contributed by atoms with E-state index in [1.165, 1.54) is 30.2 Å². The second-order valence-electron chi connectivity index (χ2n) is 6.13. The Balaban J connectivity index is 0.00000225. The predicted octanol–water partition coefficient (Wildman–Crippen LogP) is 3.57. The summed E-state index contributed by atoms with van der Waals surface area (Å²) in [5.41, 5.74) is 9.42. The van der Waals surface area contributed by atoms with Crippen molar-refractivity contribution in [2.75, 3.05) is 11.1 Å². The Bertz CT molecular complexity index is 760. The van der Waals surface area contributed by atoms with Gasteiger partial charge in [0, 0.05) is 18.4 Å². The highest BCUT2D eigenvalue weighted by Crippen LogP contribution is 2.23. The molecule has 0 fully saturated rings. The lowest BCUT2D eigenvalue weighted by molar-refractivity contribution is -0.116. The van der Waals surface area contributed by atoms with Crippen LogP contribution < -0.4 is 11.1 Å². The SMILES string of the molecule is Cl.Nc1ccc(NC(=O)CCC(=O)c2ccc3c(c2)CCCC3)cn1. The Morgan fingerprint density at radius 2 is 1.80 bits per heavy atom. The molecule has 1 aliphatic rings. The fourth-order valence-corrected chi connectivity index (χ4v) is 2.98. The molecule has 0 spiro atoms. The molecule has 1 aliphatic carbocycles. The monoisotopic (exact) mass is 359 g/mol. The van der Waals surface area contributed by atoms with Crippen molar-refractivity contribution in [3.05, 3.63) is 53.2 Å². The number of benzene rings is 1. The van der Waals surface area contributed by atoms with Crippen LogP contribution in [0.5, 0.6) is 0 Å². The van der Waals surface area contributed by atoms with Gasteiger partial charge in [-0.1, -0.05) is 12.1 Å². The lowest BCUT2D eigenvalue weighted by Gasteiger charge is -2.16. The smallest absolute Gasteiger partial charge is 0.224 e. The molecule has 3 N–H and O–H groups in total. The number of Topliss-reactive ketones (excluding diaryl/α,β-unsaturated/α-hetero) is 1. The zero-order chi connectivity index (χ0) is 16.9. The number of amides is 1. The van der Waals surface area contributed by atoms with Gasteiger partial charge in [-0.25, -0.2) is 4.98 Å². The van der Waals surface area contributed by atoms with Crippen LogP contribution in [0.25, 0.3) is 0 Å². The summed E-state index contributed by atoms with van der Waals surface area (Å²) in [6.07, 6.45) is 6.40. The molecule has 0 atom stereocenters. The highest BCUT2D eigenvalue weighted by atomic mass is 35.5. The van der Waals surface area contributed by atoms with Gasteiger partial charge in [-0.3, -0.25) is 9.59 Å². The first-order valence-corrected chi connectivity index (χ1v) is 8.28. The molecule has 0 saturated carbocycles. The van der Waals surface area contributed by atoms with Crippen molar-refractivity contribution >= 4 is 35.6 Å². The number of aryl methyl sites for hydroxylation is 2. The van der Waals surface area contributed by atoms with Gasteiger partial charge in [0.1, 0.15) is 5.82 Å². The summed E-state index contributed by atoms with van der Waals surface area (Å²) in [6, 6.07) is 9.24. The fourth-order valence-electron chi connectivity index (χ4n) is 2.98. The molecule has 1 aromatic carbocycles. The van der Waals surface area contributed by atoms with Crippen LogP contribution in [-0.2, 0) is 17.6 Å². The second-order valence-corrected chi connectivity index (χ2v) is 6.13. The van der Waals surface area contributed by atoms with Crippen LogP contribution in [-0.4, -0.2) is 16.7 Å². The quantitative estimate of drug-likeness (QED) is 0.799. The van der Waals surface area contributed by atoms with Gasteiger partial charge < -0.3 is 11.1 Å². The number of carbonyl (C=O) groups excluding carboxylic acids is 2. The van der Waals surface area contributed by atoms with E-state index in [0.29, 0.717) is 17.1 Å². The number of fused-ring (bicyclic) bond motifs is 1. The summed E-state index contributed by atoms with van der Waals surface area (Å²) in [6.45, 7) is 0. The van der Waals surface area contributed by atoms with E-state index in [9.17, 15) is 9.59 Å². The first-order valence-electron chi connectivity index (χ1n) is 8.28. The van der Waals surface area contributed by atoms with E-state index in [-0.39, 0.29) is 36.9 Å². The lowest BCUT2D eigenvalue weighted by Crippen LogP contribution is -2.14. The third kappa shape index (κ3) is 5.03. The molecule has 6 heteroatoms. The fraction of sp³-hybridized carbons (Fsp3) is 0.316. The molecule has 1 heterocycles. The highest BCUT2D eigenvalue weighted by Gasteiger charge is 2.14. The standard InChI is InChI=1S/C19H21N3O2.ClH/c20-18-9-7-16(12-21-18)22-19(24)10-8-17(23)15-6-5-13-3-1-2-4-14(13)11-15;/h5-7,9,11-12H,1-4,8,10H2,(H2,20,21)(H,22,24);1H. The number of ketones is 1. The zero-order valence-corrected chi connectivity index (χ0v) is 14.8. The third-order valence-corrected chi connectivity index (χ3v) is 4.32. The molecule has 3 rings (SSSR count). The number of nitrogens with one attached hydrogen (secondary N) is 1. The van der Waals surface area contributed by atoms with E-state index >= 15 is 0 Å². The second kappa shape index (κ2) is 8.62. The van der Waals surface area contributed by atoms with Crippen molar-refractivity contribution in [3.63, 3.8) is 0 Å². The number of anilines is 2. The van der Waals surface area contributed by atoms with Crippen molar-refractivity contribution in [2.24, 2.45) is 0 Å². The van der Waals surface area contributed by atoms with Crippen LogP contribution in [0.4, 0.5) is 11.5 Å². The van der Waals surface area contributed by atoms with Crippen LogP contribution in [0.3, 0.4) is 0 Å². The molecule has 0 bridgehead atoms. The van der Waals surface area contributed by atoms with Crippen molar-refractivity contribution in [1.82, 2.24) is 4.98 Å². The minimum absolute atomic E-state index is 0. The molecular formula is C19H22ClN3O2. The molecule has 1 aromatic heterocycles. The van der Waals surface area contributed by atoms with Crippen LogP contribution in [0.2, 0.25) is 0 Å². The van der Waals surface area contributed by atoms with Crippen molar-refractivity contribution < 1.29 is 9.59 Å². The zero-order valence-electron chi connectivity index (χ0n) is 14.0. The molecule has 2 aromatic rings. The maximum atomic E-state index is 12.3. The van der Waals surface area contributed by atoms with E-state index in [1.807, 2.05) is 12.1 Å². The Labute approximate surface area is 153 Å². The topological polar surface area (TPSA) is 85.1 Å². The number of hydrogen-bond acceptors (Lipinski definition) is 4. The molecule has 0 aliphatic heterocycles.